The summed E-state index contributed by atoms with van der Waals surface area (Å²) in [6, 6.07) is 18.6. The number of nitrogens with one attached hydrogen (secondary N) is 1. The molecular weight excluding hydrogens is 406 g/mol. The number of rotatable bonds is 6. The average Bonchev–Trinajstić information content (AvgIpc) is 3.26. The number of aryl methyl sites for hydroxylation is 1. The zero-order valence-electron chi connectivity index (χ0n) is 15.7. The van der Waals surface area contributed by atoms with Gasteiger partial charge in [0.15, 0.2) is 0 Å². The lowest BCUT2D eigenvalue weighted by molar-refractivity contribution is 0.560. The second-order valence-electron chi connectivity index (χ2n) is 6.62. The first-order chi connectivity index (χ1) is 14.0. The zero-order chi connectivity index (χ0) is 20.4. The Morgan fingerprint density at radius 2 is 1.83 bits per heavy atom. The van der Waals surface area contributed by atoms with Crippen molar-refractivity contribution in [1.82, 2.24) is 4.72 Å². The van der Waals surface area contributed by atoms with Crippen molar-refractivity contribution in [3.63, 3.8) is 0 Å². The molecule has 4 aromatic rings. The maximum Gasteiger partial charge on any atom is 0.336 e. The van der Waals surface area contributed by atoms with E-state index < -0.39 is 21.7 Å². The molecule has 1 unspecified atom stereocenters. The first-order valence-electron chi connectivity index (χ1n) is 9.15. The van der Waals surface area contributed by atoms with E-state index >= 15 is 0 Å². The summed E-state index contributed by atoms with van der Waals surface area (Å²) in [6.07, 6.45) is 0.920. The molecule has 4 rings (SSSR count). The van der Waals surface area contributed by atoms with Crippen molar-refractivity contribution in [2.45, 2.75) is 24.3 Å². The van der Waals surface area contributed by atoms with Crippen LogP contribution in [0, 0.1) is 0 Å². The molecule has 0 spiro atoms. The molecule has 0 fully saturated rings. The molecule has 1 atom stereocenters. The Morgan fingerprint density at radius 1 is 1.03 bits per heavy atom. The van der Waals surface area contributed by atoms with Gasteiger partial charge in [0.2, 0.25) is 10.0 Å². The van der Waals surface area contributed by atoms with Gasteiger partial charge in [0.25, 0.3) is 0 Å². The lowest BCUT2D eigenvalue weighted by Gasteiger charge is -2.19. The van der Waals surface area contributed by atoms with E-state index in [4.69, 9.17) is 4.42 Å². The zero-order valence-corrected chi connectivity index (χ0v) is 17.3. The van der Waals surface area contributed by atoms with Crippen molar-refractivity contribution >= 4 is 32.3 Å². The third-order valence-electron chi connectivity index (χ3n) is 4.72. The van der Waals surface area contributed by atoms with Crippen molar-refractivity contribution in [3.05, 3.63) is 98.5 Å². The molecule has 148 valence electrons. The Balaban J connectivity index is 1.72. The number of benzene rings is 2. The van der Waals surface area contributed by atoms with Crippen LogP contribution in [0.15, 0.2) is 86.2 Å². The van der Waals surface area contributed by atoms with Gasteiger partial charge in [-0.3, -0.25) is 0 Å². The fraction of sp³-hybridized carbons (Fsp3) is 0.136. The van der Waals surface area contributed by atoms with Gasteiger partial charge >= 0.3 is 5.63 Å². The Morgan fingerprint density at radius 3 is 2.52 bits per heavy atom. The van der Waals surface area contributed by atoms with Crippen LogP contribution in [0.4, 0.5) is 0 Å². The van der Waals surface area contributed by atoms with Crippen molar-refractivity contribution in [2.75, 3.05) is 0 Å². The van der Waals surface area contributed by atoms with Gasteiger partial charge in [0, 0.05) is 16.3 Å². The summed E-state index contributed by atoms with van der Waals surface area (Å²) in [6.45, 7) is 2.08. The normalized spacial score (nSPS) is 12.9. The van der Waals surface area contributed by atoms with Gasteiger partial charge in [-0.1, -0.05) is 37.3 Å². The highest BCUT2D eigenvalue weighted by molar-refractivity contribution is 7.89. The largest absolute Gasteiger partial charge is 0.423 e. The van der Waals surface area contributed by atoms with Crippen LogP contribution in [0.25, 0.3) is 11.0 Å². The monoisotopic (exact) mass is 425 g/mol. The van der Waals surface area contributed by atoms with Crippen LogP contribution in [0.5, 0.6) is 0 Å². The molecule has 0 aliphatic rings. The molecule has 29 heavy (non-hydrogen) atoms. The summed E-state index contributed by atoms with van der Waals surface area (Å²) in [5.74, 6) is 0. The molecule has 2 heterocycles. The van der Waals surface area contributed by atoms with Gasteiger partial charge in [0.1, 0.15) is 5.58 Å². The summed E-state index contributed by atoms with van der Waals surface area (Å²) in [5.41, 5.74) is 1.94. The Hall–Kier alpha value is -2.74. The van der Waals surface area contributed by atoms with Crippen molar-refractivity contribution in [3.8, 4) is 0 Å². The molecule has 7 heteroatoms. The highest BCUT2D eigenvalue weighted by atomic mass is 32.2. The molecule has 0 saturated heterocycles. The molecule has 1 N–H and O–H groups in total. The molecular formula is C22H19NO4S2. The number of fused-ring (bicyclic) bond motifs is 1. The first kappa shape index (κ1) is 19.6. The van der Waals surface area contributed by atoms with E-state index in [9.17, 15) is 13.2 Å². The Bertz CT molecular complexity index is 1290. The molecule has 5 nitrogen and oxygen atoms in total. The predicted molar refractivity (Wildman–Crippen MR) is 115 cm³/mol. The standard InChI is InChI=1S/C22H19NO4S2/c1-2-15-5-7-16(8-6-15)22(20-4-3-13-28-20)23-29(25,26)18-10-11-19-17(14-18)9-12-21(24)27-19/h3-14,22-23H,2H2,1H3. The maximum atomic E-state index is 13.1. The molecule has 0 aliphatic carbocycles. The van der Waals surface area contributed by atoms with E-state index in [-0.39, 0.29) is 4.90 Å². The molecule has 2 aromatic heterocycles. The van der Waals surface area contributed by atoms with E-state index in [1.807, 2.05) is 41.8 Å². The van der Waals surface area contributed by atoms with Crippen molar-refractivity contribution in [1.29, 1.82) is 0 Å². The number of sulfonamides is 1. The second-order valence-corrected chi connectivity index (χ2v) is 9.31. The SMILES string of the molecule is CCc1ccc(C(NS(=O)(=O)c2ccc3oc(=O)ccc3c2)c2cccs2)cc1. The van der Waals surface area contributed by atoms with Gasteiger partial charge in [-0.2, -0.15) is 4.72 Å². The van der Waals surface area contributed by atoms with Crippen LogP contribution in [0.1, 0.15) is 29.0 Å². The lowest BCUT2D eigenvalue weighted by Crippen LogP contribution is -2.29. The molecule has 0 saturated carbocycles. The number of hydrogen-bond acceptors (Lipinski definition) is 5. The molecule has 0 amide bonds. The minimum atomic E-state index is -3.81. The van der Waals surface area contributed by atoms with E-state index in [1.54, 1.807) is 6.07 Å². The minimum Gasteiger partial charge on any atom is -0.423 e. The Labute approximate surface area is 172 Å². The highest BCUT2D eigenvalue weighted by Gasteiger charge is 2.24. The number of hydrogen-bond donors (Lipinski definition) is 1. The van der Waals surface area contributed by atoms with Crippen LogP contribution in [-0.2, 0) is 16.4 Å². The first-order valence-corrected chi connectivity index (χ1v) is 11.5. The molecule has 0 bridgehead atoms. The quantitative estimate of drug-likeness (QED) is 0.462. The van der Waals surface area contributed by atoms with Crippen LogP contribution in [0.3, 0.4) is 0 Å². The van der Waals surface area contributed by atoms with Crippen LogP contribution in [0.2, 0.25) is 0 Å². The summed E-state index contributed by atoms with van der Waals surface area (Å²) in [4.78, 5) is 12.4. The van der Waals surface area contributed by atoms with Gasteiger partial charge < -0.3 is 4.42 Å². The predicted octanol–water partition coefficient (Wildman–Crippen LogP) is 4.48. The molecule has 0 aliphatic heterocycles. The molecule has 2 aromatic carbocycles. The van der Waals surface area contributed by atoms with Crippen molar-refractivity contribution in [2.24, 2.45) is 0 Å². The van der Waals surface area contributed by atoms with E-state index in [0.29, 0.717) is 11.0 Å². The third-order valence-corrected chi connectivity index (χ3v) is 7.08. The van der Waals surface area contributed by atoms with Crippen LogP contribution < -0.4 is 10.3 Å². The van der Waals surface area contributed by atoms with E-state index in [1.165, 1.54) is 41.2 Å². The smallest absolute Gasteiger partial charge is 0.336 e. The van der Waals surface area contributed by atoms with Gasteiger partial charge in [-0.25, -0.2) is 13.2 Å². The molecule has 0 radical (unpaired) electrons. The minimum absolute atomic E-state index is 0.116. The highest BCUT2D eigenvalue weighted by Crippen LogP contribution is 2.29. The number of thiophene rings is 1. The third kappa shape index (κ3) is 4.17. The summed E-state index contributed by atoms with van der Waals surface area (Å²) in [5, 5.41) is 2.47. The van der Waals surface area contributed by atoms with Gasteiger partial charge in [-0.15, -0.1) is 11.3 Å². The van der Waals surface area contributed by atoms with Crippen LogP contribution in [-0.4, -0.2) is 8.42 Å². The summed E-state index contributed by atoms with van der Waals surface area (Å²) >= 11 is 1.50. The maximum absolute atomic E-state index is 13.1. The van der Waals surface area contributed by atoms with E-state index in [2.05, 4.69) is 11.6 Å². The average molecular weight is 426 g/mol. The van der Waals surface area contributed by atoms with Crippen molar-refractivity contribution < 1.29 is 12.8 Å². The van der Waals surface area contributed by atoms with E-state index in [0.717, 1.165) is 16.9 Å². The summed E-state index contributed by atoms with van der Waals surface area (Å²) in [7, 11) is -3.81. The topological polar surface area (TPSA) is 76.4 Å². The summed E-state index contributed by atoms with van der Waals surface area (Å²) < 4.78 is 34.2. The second kappa shape index (κ2) is 7.94. The lowest BCUT2D eigenvalue weighted by atomic mass is 10.0. The van der Waals surface area contributed by atoms with Gasteiger partial charge in [0.05, 0.1) is 10.9 Å². The van der Waals surface area contributed by atoms with Crippen LogP contribution >= 0.6 is 11.3 Å². The fourth-order valence-corrected chi connectivity index (χ4v) is 5.25. The fourth-order valence-electron chi connectivity index (χ4n) is 3.13. The Kier molecular flexibility index (Phi) is 5.36. The van der Waals surface area contributed by atoms with Gasteiger partial charge in [-0.05, 0) is 53.3 Å².